The number of hydrogen-bond acceptors (Lipinski definition) is 5. The van der Waals surface area contributed by atoms with Gasteiger partial charge in [0.2, 0.25) is 5.91 Å². The number of methoxy groups -OCH3 is 1. The number of rotatable bonds is 8. The van der Waals surface area contributed by atoms with Gasteiger partial charge in [-0.25, -0.2) is 18.2 Å². The van der Waals surface area contributed by atoms with Crippen molar-refractivity contribution in [2.45, 2.75) is 6.54 Å². The van der Waals surface area contributed by atoms with Gasteiger partial charge in [0, 0.05) is 13.7 Å². The number of carbonyl (C=O) groups is 1. The van der Waals surface area contributed by atoms with Crippen molar-refractivity contribution in [2.75, 3.05) is 32.1 Å². The van der Waals surface area contributed by atoms with Crippen LogP contribution in [0.1, 0.15) is 5.82 Å². The zero-order chi connectivity index (χ0) is 21.7. The molecule has 0 spiro atoms. The van der Waals surface area contributed by atoms with Gasteiger partial charge in [-0.15, -0.1) is 0 Å². The van der Waals surface area contributed by atoms with Crippen LogP contribution in [0, 0.1) is 17.5 Å². The number of aromatic nitrogens is 2. The average Bonchev–Trinajstić information content (AvgIpc) is 2.72. The summed E-state index contributed by atoms with van der Waals surface area (Å²) in [5, 5.41) is 2.66. The Morgan fingerprint density at radius 2 is 1.93 bits per heavy atom. The minimum atomic E-state index is -1.66. The van der Waals surface area contributed by atoms with Crippen LogP contribution in [0.2, 0.25) is 0 Å². The van der Waals surface area contributed by atoms with E-state index in [0.29, 0.717) is 23.3 Å². The number of ether oxygens (including phenoxy) is 1. The number of nitrogens with one attached hydrogen (secondary N) is 2. The van der Waals surface area contributed by atoms with Gasteiger partial charge in [0.1, 0.15) is 5.82 Å². The maximum Gasteiger partial charge on any atom is 0.258 e. The number of aromatic amines is 1. The van der Waals surface area contributed by atoms with E-state index in [1.54, 1.807) is 29.2 Å². The zero-order valence-electron chi connectivity index (χ0n) is 16.0. The first-order valence-corrected chi connectivity index (χ1v) is 9.01. The summed E-state index contributed by atoms with van der Waals surface area (Å²) in [7, 11) is 1.49. The van der Waals surface area contributed by atoms with Crippen LogP contribution in [0.15, 0.2) is 41.2 Å². The molecule has 2 aromatic carbocycles. The molecule has 0 aliphatic rings. The minimum Gasteiger partial charge on any atom is -0.383 e. The van der Waals surface area contributed by atoms with Crippen molar-refractivity contribution in [3.8, 4) is 0 Å². The van der Waals surface area contributed by atoms with Crippen molar-refractivity contribution >= 4 is 22.5 Å². The minimum absolute atomic E-state index is 0.108. The first kappa shape index (κ1) is 21.5. The highest BCUT2D eigenvalue weighted by Gasteiger charge is 2.18. The Labute approximate surface area is 169 Å². The topological polar surface area (TPSA) is 87.3 Å². The molecule has 1 aromatic heterocycles. The highest BCUT2D eigenvalue weighted by Crippen LogP contribution is 2.19. The summed E-state index contributed by atoms with van der Waals surface area (Å²) >= 11 is 0. The third-order valence-corrected chi connectivity index (χ3v) is 4.32. The highest BCUT2D eigenvalue weighted by molar-refractivity contribution is 5.92. The number of H-pyrrole nitrogens is 1. The van der Waals surface area contributed by atoms with E-state index < -0.39 is 29.0 Å². The Kier molecular flexibility index (Phi) is 6.80. The van der Waals surface area contributed by atoms with Crippen molar-refractivity contribution in [2.24, 2.45) is 0 Å². The number of carbonyl (C=O) groups excluding carboxylic acids is 1. The van der Waals surface area contributed by atoms with E-state index in [9.17, 15) is 22.8 Å². The molecule has 0 atom stereocenters. The molecule has 7 nitrogen and oxygen atoms in total. The van der Waals surface area contributed by atoms with E-state index in [2.05, 4.69) is 15.3 Å². The van der Waals surface area contributed by atoms with E-state index in [1.807, 2.05) is 0 Å². The fraction of sp³-hybridized carbons (Fsp3) is 0.250. The third-order valence-electron chi connectivity index (χ3n) is 4.32. The largest absolute Gasteiger partial charge is 0.383 e. The van der Waals surface area contributed by atoms with Crippen molar-refractivity contribution in [3.05, 3.63) is 70.0 Å². The molecule has 30 heavy (non-hydrogen) atoms. The molecule has 0 fully saturated rings. The first-order valence-electron chi connectivity index (χ1n) is 9.01. The molecule has 158 valence electrons. The quantitative estimate of drug-likeness (QED) is 0.547. The fourth-order valence-electron chi connectivity index (χ4n) is 2.87. The average molecular weight is 420 g/mol. The number of halogens is 3. The van der Waals surface area contributed by atoms with Crippen molar-refractivity contribution in [1.29, 1.82) is 0 Å². The second kappa shape index (κ2) is 9.51. The maximum atomic E-state index is 13.8. The summed E-state index contributed by atoms with van der Waals surface area (Å²) < 4.78 is 45.2. The summed E-state index contributed by atoms with van der Waals surface area (Å²) in [6.07, 6.45) is 0. The molecular formula is C20H19F3N4O3. The van der Waals surface area contributed by atoms with E-state index in [1.165, 1.54) is 7.11 Å². The molecule has 0 aliphatic heterocycles. The fourth-order valence-corrected chi connectivity index (χ4v) is 2.87. The van der Waals surface area contributed by atoms with E-state index in [0.717, 1.165) is 12.1 Å². The van der Waals surface area contributed by atoms with Gasteiger partial charge in [-0.2, -0.15) is 0 Å². The van der Waals surface area contributed by atoms with Gasteiger partial charge in [0.25, 0.3) is 5.56 Å². The molecule has 0 saturated heterocycles. The SMILES string of the molecule is COCCN(CC(=O)Nc1ccc(F)c(F)c1F)Cc1nc2ccccc2c(=O)[nH]1. The van der Waals surface area contributed by atoms with Crippen LogP contribution in [0.4, 0.5) is 18.9 Å². The van der Waals surface area contributed by atoms with E-state index in [4.69, 9.17) is 4.74 Å². The number of hydrogen-bond donors (Lipinski definition) is 2. The smallest absolute Gasteiger partial charge is 0.258 e. The van der Waals surface area contributed by atoms with Crippen LogP contribution in [0.25, 0.3) is 10.9 Å². The Hall–Kier alpha value is -3.24. The molecule has 0 unspecified atom stereocenters. The zero-order valence-corrected chi connectivity index (χ0v) is 16.0. The Morgan fingerprint density at radius 1 is 1.17 bits per heavy atom. The molecule has 0 aliphatic carbocycles. The van der Waals surface area contributed by atoms with Gasteiger partial charge in [-0.05, 0) is 24.3 Å². The summed E-state index contributed by atoms with van der Waals surface area (Å²) in [6, 6.07) is 8.49. The number of nitrogens with zero attached hydrogens (tertiary/aromatic N) is 2. The van der Waals surface area contributed by atoms with Crippen LogP contribution in [0.5, 0.6) is 0 Å². The second-order valence-electron chi connectivity index (χ2n) is 6.50. The Bertz CT molecular complexity index is 1120. The van der Waals surface area contributed by atoms with Crippen molar-refractivity contribution < 1.29 is 22.7 Å². The molecule has 3 rings (SSSR count). The molecule has 10 heteroatoms. The number of anilines is 1. The molecule has 0 radical (unpaired) electrons. The lowest BCUT2D eigenvalue weighted by Gasteiger charge is -2.21. The summed E-state index contributed by atoms with van der Waals surface area (Å²) in [4.78, 5) is 33.2. The summed E-state index contributed by atoms with van der Waals surface area (Å²) in [5.41, 5.74) is -0.269. The molecular weight excluding hydrogens is 401 g/mol. The first-order chi connectivity index (χ1) is 14.4. The predicted octanol–water partition coefficient (Wildman–Crippen LogP) is 2.43. The standard InChI is InChI=1S/C20H19F3N4O3/c1-30-9-8-27(10-16-24-14-5-3-2-4-12(14)20(29)26-16)11-17(28)25-15-7-6-13(21)18(22)19(15)23/h2-7H,8-11H2,1H3,(H,25,28)(H,24,26,29). The lowest BCUT2D eigenvalue weighted by atomic mass is 10.2. The molecule has 0 saturated carbocycles. The van der Waals surface area contributed by atoms with E-state index in [-0.39, 0.29) is 25.3 Å². The van der Waals surface area contributed by atoms with Crippen LogP contribution < -0.4 is 10.9 Å². The Balaban J connectivity index is 1.75. The second-order valence-corrected chi connectivity index (χ2v) is 6.50. The lowest BCUT2D eigenvalue weighted by Crippen LogP contribution is -2.36. The predicted molar refractivity (Wildman–Crippen MR) is 104 cm³/mol. The summed E-state index contributed by atoms with van der Waals surface area (Å²) in [6.45, 7) is 0.473. The molecule has 0 bridgehead atoms. The van der Waals surface area contributed by atoms with Gasteiger partial charge < -0.3 is 15.0 Å². The van der Waals surface area contributed by atoms with Crippen LogP contribution >= 0.6 is 0 Å². The van der Waals surface area contributed by atoms with Gasteiger partial charge in [0.15, 0.2) is 17.5 Å². The van der Waals surface area contributed by atoms with Gasteiger partial charge >= 0.3 is 0 Å². The highest BCUT2D eigenvalue weighted by atomic mass is 19.2. The van der Waals surface area contributed by atoms with Gasteiger partial charge in [-0.3, -0.25) is 14.5 Å². The maximum absolute atomic E-state index is 13.8. The van der Waals surface area contributed by atoms with Crippen LogP contribution in [0.3, 0.4) is 0 Å². The number of fused-ring (bicyclic) bond motifs is 1. The number of para-hydroxylation sites is 1. The van der Waals surface area contributed by atoms with Crippen molar-refractivity contribution in [1.82, 2.24) is 14.9 Å². The van der Waals surface area contributed by atoms with Crippen molar-refractivity contribution in [3.63, 3.8) is 0 Å². The molecule has 1 heterocycles. The molecule has 1 amide bonds. The van der Waals surface area contributed by atoms with Crippen LogP contribution in [-0.2, 0) is 16.1 Å². The third kappa shape index (κ3) is 5.02. The molecule has 2 N–H and O–H groups in total. The summed E-state index contributed by atoms with van der Waals surface area (Å²) in [5.74, 6) is -4.81. The van der Waals surface area contributed by atoms with Gasteiger partial charge in [-0.1, -0.05) is 12.1 Å². The lowest BCUT2D eigenvalue weighted by molar-refractivity contribution is -0.117. The monoisotopic (exact) mass is 420 g/mol. The van der Waals surface area contributed by atoms with Crippen LogP contribution in [-0.4, -0.2) is 47.6 Å². The number of benzene rings is 2. The Morgan fingerprint density at radius 3 is 2.70 bits per heavy atom. The van der Waals surface area contributed by atoms with Gasteiger partial charge in [0.05, 0.1) is 36.3 Å². The molecule has 3 aromatic rings. The normalized spacial score (nSPS) is 11.2. The number of amides is 1. The van der Waals surface area contributed by atoms with E-state index >= 15 is 0 Å².